The van der Waals surface area contributed by atoms with Crippen molar-refractivity contribution in [2.75, 3.05) is 6.54 Å². The topological polar surface area (TPSA) is 29.0 Å². The Labute approximate surface area is 149 Å². The van der Waals surface area contributed by atoms with E-state index in [4.69, 9.17) is 0 Å². The standard InChI is InChI=1S/C20H16F3N3/c21-16-7-6-14(18(22)19(16)23)11-26-9-8-17-15(12-26)10-24-20(25-17)13-4-2-1-3-5-13/h1-7,10H,8-9,11-12H2. The van der Waals surface area contributed by atoms with Crippen molar-refractivity contribution in [3.05, 3.63) is 82.9 Å². The first kappa shape index (κ1) is 16.7. The number of benzene rings is 2. The quantitative estimate of drug-likeness (QED) is 0.662. The lowest BCUT2D eigenvalue weighted by Crippen LogP contribution is -2.31. The van der Waals surface area contributed by atoms with Gasteiger partial charge < -0.3 is 0 Å². The second-order valence-electron chi connectivity index (χ2n) is 6.33. The van der Waals surface area contributed by atoms with Crippen LogP contribution in [-0.2, 0) is 19.5 Å². The van der Waals surface area contributed by atoms with Crippen LogP contribution in [0.3, 0.4) is 0 Å². The molecule has 4 rings (SSSR count). The molecule has 2 heterocycles. The maximum absolute atomic E-state index is 13.9. The molecule has 0 spiro atoms. The minimum Gasteiger partial charge on any atom is -0.294 e. The smallest absolute Gasteiger partial charge is 0.194 e. The number of hydrogen-bond acceptors (Lipinski definition) is 3. The van der Waals surface area contributed by atoms with Crippen molar-refractivity contribution in [2.45, 2.75) is 19.5 Å². The van der Waals surface area contributed by atoms with E-state index in [1.807, 2.05) is 35.2 Å². The van der Waals surface area contributed by atoms with Crippen LogP contribution in [0, 0.1) is 17.5 Å². The van der Waals surface area contributed by atoms with Gasteiger partial charge in [0.25, 0.3) is 0 Å². The Morgan fingerprint density at radius 2 is 1.77 bits per heavy atom. The average molecular weight is 355 g/mol. The van der Waals surface area contributed by atoms with Gasteiger partial charge in [-0.25, -0.2) is 23.1 Å². The Hall–Kier alpha value is -2.73. The lowest BCUT2D eigenvalue weighted by Gasteiger charge is -2.28. The predicted molar refractivity (Wildman–Crippen MR) is 91.6 cm³/mol. The number of nitrogens with zero attached hydrogens (tertiary/aromatic N) is 3. The van der Waals surface area contributed by atoms with E-state index >= 15 is 0 Å². The molecule has 1 aliphatic heterocycles. The summed E-state index contributed by atoms with van der Waals surface area (Å²) in [5.41, 5.74) is 3.05. The third-order valence-electron chi connectivity index (χ3n) is 4.55. The molecular formula is C20H16F3N3. The molecule has 3 aromatic rings. The zero-order chi connectivity index (χ0) is 18.1. The predicted octanol–water partition coefficient (Wildman–Crippen LogP) is 4.12. The minimum atomic E-state index is -1.42. The fourth-order valence-electron chi connectivity index (χ4n) is 3.16. The number of halogens is 3. The van der Waals surface area contributed by atoms with Crippen molar-refractivity contribution >= 4 is 0 Å². The summed E-state index contributed by atoms with van der Waals surface area (Å²) in [6, 6.07) is 12.0. The summed E-state index contributed by atoms with van der Waals surface area (Å²) >= 11 is 0. The van der Waals surface area contributed by atoms with Gasteiger partial charge in [-0.3, -0.25) is 4.90 Å². The summed E-state index contributed by atoms with van der Waals surface area (Å²) in [6.45, 7) is 1.42. The number of fused-ring (bicyclic) bond motifs is 1. The second-order valence-corrected chi connectivity index (χ2v) is 6.33. The minimum absolute atomic E-state index is 0.147. The molecule has 0 saturated heterocycles. The maximum atomic E-state index is 13.9. The zero-order valence-electron chi connectivity index (χ0n) is 13.9. The molecule has 1 aromatic heterocycles. The first-order chi connectivity index (χ1) is 12.6. The first-order valence-electron chi connectivity index (χ1n) is 8.37. The monoisotopic (exact) mass is 355 g/mol. The molecule has 0 saturated carbocycles. The van der Waals surface area contributed by atoms with E-state index in [9.17, 15) is 13.2 Å². The van der Waals surface area contributed by atoms with Gasteiger partial charge in [-0.1, -0.05) is 36.4 Å². The van der Waals surface area contributed by atoms with Crippen LogP contribution in [0.15, 0.2) is 48.7 Å². The first-order valence-corrected chi connectivity index (χ1v) is 8.37. The molecule has 0 radical (unpaired) electrons. The Balaban J connectivity index is 1.53. The van der Waals surface area contributed by atoms with Crippen LogP contribution in [0.4, 0.5) is 13.2 Å². The van der Waals surface area contributed by atoms with Gasteiger partial charge in [0.05, 0.1) is 5.69 Å². The van der Waals surface area contributed by atoms with Crippen molar-refractivity contribution < 1.29 is 13.2 Å². The zero-order valence-corrected chi connectivity index (χ0v) is 13.9. The van der Waals surface area contributed by atoms with Gasteiger partial charge in [0.2, 0.25) is 0 Å². The summed E-state index contributed by atoms with van der Waals surface area (Å²) < 4.78 is 40.4. The third-order valence-corrected chi connectivity index (χ3v) is 4.55. The molecule has 132 valence electrons. The lowest BCUT2D eigenvalue weighted by atomic mass is 10.1. The number of aromatic nitrogens is 2. The van der Waals surface area contributed by atoms with Crippen molar-refractivity contribution in [3.63, 3.8) is 0 Å². The van der Waals surface area contributed by atoms with Crippen LogP contribution in [0.1, 0.15) is 16.8 Å². The molecule has 26 heavy (non-hydrogen) atoms. The van der Waals surface area contributed by atoms with Crippen molar-refractivity contribution in [1.82, 2.24) is 14.9 Å². The van der Waals surface area contributed by atoms with Gasteiger partial charge in [-0.2, -0.15) is 0 Å². The molecule has 1 aliphatic rings. The van der Waals surface area contributed by atoms with E-state index < -0.39 is 17.5 Å². The Morgan fingerprint density at radius 1 is 0.962 bits per heavy atom. The van der Waals surface area contributed by atoms with Crippen LogP contribution in [0.5, 0.6) is 0 Å². The van der Waals surface area contributed by atoms with Crippen LogP contribution in [0.2, 0.25) is 0 Å². The molecule has 0 bridgehead atoms. The fourth-order valence-corrected chi connectivity index (χ4v) is 3.16. The van der Waals surface area contributed by atoms with E-state index in [2.05, 4.69) is 9.97 Å². The Kier molecular flexibility index (Phi) is 4.42. The van der Waals surface area contributed by atoms with Crippen molar-refractivity contribution in [3.8, 4) is 11.4 Å². The summed E-state index contributed by atoms with van der Waals surface area (Å²) in [4.78, 5) is 11.0. The Bertz CT molecular complexity index is 945. The molecule has 3 nitrogen and oxygen atoms in total. The molecule has 6 heteroatoms. The summed E-state index contributed by atoms with van der Waals surface area (Å²) in [6.07, 6.45) is 2.49. The van der Waals surface area contributed by atoms with Gasteiger partial charge in [-0.15, -0.1) is 0 Å². The normalized spacial score (nSPS) is 14.3. The van der Waals surface area contributed by atoms with Crippen molar-refractivity contribution in [1.29, 1.82) is 0 Å². The van der Waals surface area contributed by atoms with E-state index in [1.54, 1.807) is 6.20 Å². The van der Waals surface area contributed by atoms with E-state index in [-0.39, 0.29) is 12.1 Å². The molecule has 2 aromatic carbocycles. The molecule has 0 aliphatic carbocycles. The van der Waals surface area contributed by atoms with Crippen LogP contribution in [-0.4, -0.2) is 21.4 Å². The van der Waals surface area contributed by atoms with Gasteiger partial charge in [0.1, 0.15) is 0 Å². The van der Waals surface area contributed by atoms with E-state index in [0.29, 0.717) is 25.3 Å². The summed E-state index contributed by atoms with van der Waals surface area (Å²) in [5, 5.41) is 0. The average Bonchev–Trinajstić information content (AvgIpc) is 2.69. The molecule has 0 unspecified atom stereocenters. The number of rotatable bonds is 3. The molecule has 0 N–H and O–H groups in total. The maximum Gasteiger partial charge on any atom is 0.194 e. The highest BCUT2D eigenvalue weighted by Gasteiger charge is 2.21. The molecule has 0 amide bonds. The summed E-state index contributed by atoms with van der Waals surface area (Å²) in [7, 11) is 0. The van der Waals surface area contributed by atoms with E-state index in [1.165, 1.54) is 6.07 Å². The number of hydrogen-bond donors (Lipinski definition) is 0. The fraction of sp³-hybridized carbons (Fsp3) is 0.200. The largest absolute Gasteiger partial charge is 0.294 e. The van der Waals surface area contributed by atoms with Crippen molar-refractivity contribution in [2.24, 2.45) is 0 Å². The van der Waals surface area contributed by atoms with Crippen LogP contribution >= 0.6 is 0 Å². The Morgan fingerprint density at radius 3 is 2.58 bits per heavy atom. The highest BCUT2D eigenvalue weighted by atomic mass is 19.2. The second kappa shape index (κ2) is 6.88. The van der Waals surface area contributed by atoms with E-state index in [0.717, 1.165) is 22.9 Å². The SMILES string of the molecule is Fc1ccc(CN2CCc3nc(-c4ccccc4)ncc3C2)c(F)c1F. The highest BCUT2D eigenvalue weighted by molar-refractivity contribution is 5.54. The van der Waals surface area contributed by atoms with Gasteiger partial charge in [0.15, 0.2) is 23.3 Å². The molecule has 0 fully saturated rings. The third kappa shape index (κ3) is 3.20. The van der Waals surface area contributed by atoms with Gasteiger partial charge in [0, 0.05) is 48.9 Å². The lowest BCUT2D eigenvalue weighted by molar-refractivity contribution is 0.238. The van der Waals surface area contributed by atoms with Gasteiger partial charge >= 0.3 is 0 Å². The molecule has 0 atom stereocenters. The molecular weight excluding hydrogens is 339 g/mol. The van der Waals surface area contributed by atoms with Crippen LogP contribution in [0.25, 0.3) is 11.4 Å². The van der Waals surface area contributed by atoms with Crippen LogP contribution < -0.4 is 0 Å². The highest BCUT2D eigenvalue weighted by Crippen LogP contribution is 2.23. The van der Waals surface area contributed by atoms with Gasteiger partial charge in [-0.05, 0) is 6.07 Å². The summed E-state index contributed by atoms with van der Waals surface area (Å²) in [5.74, 6) is -3.02.